The lowest BCUT2D eigenvalue weighted by Crippen LogP contribution is -2.31. The maximum atomic E-state index is 10.9. The Labute approximate surface area is 164 Å². The van der Waals surface area contributed by atoms with E-state index < -0.39 is 10.9 Å². The van der Waals surface area contributed by atoms with Crippen molar-refractivity contribution in [3.63, 3.8) is 0 Å². The average molecular weight is 400 g/mol. The van der Waals surface area contributed by atoms with Gasteiger partial charge in [0.25, 0.3) is 0 Å². The van der Waals surface area contributed by atoms with Crippen LogP contribution >= 0.6 is 0 Å². The molecular weight excluding hydrogens is 380 g/mol. The number of methoxy groups -OCH3 is 2. The maximum absolute atomic E-state index is 10.9. The van der Waals surface area contributed by atoms with Gasteiger partial charge in [0.1, 0.15) is 12.1 Å². The summed E-state index contributed by atoms with van der Waals surface area (Å²) in [5.74, 6) is 2.09. The first kappa shape index (κ1) is 18.3. The molecule has 4 rings (SSSR count). The first-order valence-corrected chi connectivity index (χ1v) is 9.91. The highest BCUT2D eigenvalue weighted by Gasteiger charge is 2.21. The monoisotopic (exact) mass is 400 g/mol. The number of rotatable bonds is 5. The molecule has 146 valence electrons. The number of anilines is 2. The lowest BCUT2D eigenvalue weighted by atomic mass is 9.99. The Morgan fingerprint density at radius 1 is 1.04 bits per heavy atom. The molecule has 0 amide bonds. The van der Waals surface area contributed by atoms with Crippen molar-refractivity contribution in [3.8, 4) is 11.5 Å². The minimum absolute atomic E-state index is 0.590. The third-order valence-corrected chi connectivity index (χ3v) is 5.30. The molecule has 2 heterocycles. The van der Waals surface area contributed by atoms with Crippen LogP contribution in [0.5, 0.6) is 11.5 Å². The van der Waals surface area contributed by atoms with Crippen LogP contribution < -0.4 is 19.1 Å². The van der Waals surface area contributed by atoms with E-state index in [0.29, 0.717) is 23.7 Å². The van der Waals surface area contributed by atoms with E-state index in [9.17, 15) is 8.42 Å². The van der Waals surface area contributed by atoms with E-state index in [0.717, 1.165) is 40.8 Å². The topological polar surface area (TPSA) is 93.7 Å². The van der Waals surface area contributed by atoms with Crippen LogP contribution in [-0.2, 0) is 23.9 Å². The van der Waals surface area contributed by atoms with Gasteiger partial charge in [0, 0.05) is 30.2 Å². The number of fused-ring (bicyclic) bond motifs is 2. The fourth-order valence-corrected chi connectivity index (χ4v) is 3.88. The highest BCUT2D eigenvalue weighted by atomic mass is 32.2. The second kappa shape index (κ2) is 7.51. The molecule has 0 aliphatic carbocycles. The second-order valence-electron chi connectivity index (χ2n) is 6.45. The summed E-state index contributed by atoms with van der Waals surface area (Å²) in [6, 6.07) is 9.37. The van der Waals surface area contributed by atoms with Gasteiger partial charge in [-0.2, -0.15) is 0 Å². The normalized spacial score (nSPS) is 13.5. The molecule has 1 aliphatic heterocycles. The summed E-state index contributed by atoms with van der Waals surface area (Å²) in [6.45, 7) is 1.44. The molecule has 1 N–H and O–H groups in total. The third-order valence-electron chi connectivity index (χ3n) is 4.86. The summed E-state index contributed by atoms with van der Waals surface area (Å²) in [5, 5.41) is 0.894. The zero-order valence-electron chi connectivity index (χ0n) is 15.5. The van der Waals surface area contributed by atoms with E-state index >= 15 is 0 Å². The third kappa shape index (κ3) is 3.40. The number of benzene rings is 2. The minimum atomic E-state index is -2.66. The molecule has 28 heavy (non-hydrogen) atoms. The van der Waals surface area contributed by atoms with Crippen molar-refractivity contribution in [1.29, 1.82) is 0 Å². The van der Waals surface area contributed by atoms with Crippen LogP contribution in [0.15, 0.2) is 36.7 Å². The molecule has 1 aliphatic rings. The van der Waals surface area contributed by atoms with Crippen molar-refractivity contribution >= 4 is 33.3 Å². The molecule has 1 aromatic heterocycles. The van der Waals surface area contributed by atoms with Gasteiger partial charge in [-0.05, 0) is 35.7 Å². The Bertz CT molecular complexity index is 1110. The van der Waals surface area contributed by atoms with Gasteiger partial charge in [-0.15, -0.1) is 0 Å². The first-order valence-electron chi connectivity index (χ1n) is 8.73. The summed E-state index contributed by atoms with van der Waals surface area (Å²) < 4.78 is 35.0. The second-order valence-corrected chi connectivity index (χ2v) is 7.18. The summed E-state index contributed by atoms with van der Waals surface area (Å²) in [5.41, 5.74) is 3.65. The van der Waals surface area contributed by atoms with Crippen LogP contribution in [0.25, 0.3) is 10.9 Å². The zero-order chi connectivity index (χ0) is 19.7. The molecular formula is C19H20N4O4S. The largest absolute Gasteiger partial charge is 0.493 e. The fraction of sp³-hybridized carbons (Fsp3) is 0.263. The SMILES string of the molecule is COc1cc2ncnc(N3CCc4cc(N[SH](=O)=O)ccc4C3)c2cc1OC. The number of hydrogen-bond acceptors (Lipinski definition) is 7. The molecule has 0 radical (unpaired) electrons. The average Bonchev–Trinajstić information content (AvgIpc) is 2.71. The Morgan fingerprint density at radius 2 is 1.82 bits per heavy atom. The Hall–Kier alpha value is -3.07. The summed E-state index contributed by atoms with van der Waals surface area (Å²) >= 11 is 0. The number of nitrogens with one attached hydrogen (secondary N) is 1. The standard InChI is InChI=1S/C19H20N4O4S/c1-26-17-8-15-16(9-18(17)27-2)20-11-21-19(15)23-6-5-12-7-14(22-28(24)25)4-3-13(12)10-23/h3-4,7-9,11,28H,5-6,10H2,1-2H3,(H,22,24,25). The van der Waals surface area contributed by atoms with Gasteiger partial charge in [0.15, 0.2) is 11.5 Å². The van der Waals surface area contributed by atoms with E-state index in [1.807, 2.05) is 24.3 Å². The van der Waals surface area contributed by atoms with E-state index in [4.69, 9.17) is 9.47 Å². The van der Waals surface area contributed by atoms with Crippen molar-refractivity contribution in [2.45, 2.75) is 13.0 Å². The van der Waals surface area contributed by atoms with Crippen LogP contribution in [-0.4, -0.2) is 39.2 Å². The van der Waals surface area contributed by atoms with Crippen LogP contribution in [0.3, 0.4) is 0 Å². The Kier molecular flexibility index (Phi) is 4.91. The molecule has 2 aromatic carbocycles. The van der Waals surface area contributed by atoms with Crippen molar-refractivity contribution in [3.05, 3.63) is 47.8 Å². The minimum Gasteiger partial charge on any atom is -0.493 e. The van der Waals surface area contributed by atoms with E-state index in [1.54, 1.807) is 26.6 Å². The van der Waals surface area contributed by atoms with Crippen molar-refractivity contribution in [2.75, 3.05) is 30.4 Å². The number of nitrogens with zero attached hydrogens (tertiary/aromatic N) is 3. The predicted octanol–water partition coefficient (Wildman–Crippen LogP) is 2.15. The maximum Gasteiger partial charge on any atom is 0.222 e. The van der Waals surface area contributed by atoms with Crippen molar-refractivity contribution in [1.82, 2.24) is 9.97 Å². The fourth-order valence-electron chi connectivity index (χ4n) is 3.53. The molecule has 0 saturated carbocycles. The molecule has 8 nitrogen and oxygen atoms in total. The Balaban J connectivity index is 1.70. The predicted molar refractivity (Wildman–Crippen MR) is 108 cm³/mol. The number of hydrogen-bond donors (Lipinski definition) is 2. The summed E-state index contributed by atoms with van der Waals surface area (Å²) in [7, 11) is 0.536. The lowest BCUT2D eigenvalue weighted by Gasteiger charge is -2.30. The van der Waals surface area contributed by atoms with Crippen LogP contribution in [0, 0.1) is 0 Å². The van der Waals surface area contributed by atoms with Gasteiger partial charge >= 0.3 is 0 Å². The molecule has 0 spiro atoms. The molecule has 9 heteroatoms. The number of aromatic nitrogens is 2. The van der Waals surface area contributed by atoms with Gasteiger partial charge in [-0.1, -0.05) is 6.07 Å². The Morgan fingerprint density at radius 3 is 2.57 bits per heavy atom. The highest BCUT2D eigenvalue weighted by molar-refractivity contribution is 7.73. The lowest BCUT2D eigenvalue weighted by molar-refractivity contribution is 0.356. The molecule has 3 aromatic rings. The summed E-state index contributed by atoms with van der Waals surface area (Å²) in [4.78, 5) is 11.1. The van der Waals surface area contributed by atoms with Gasteiger partial charge in [-0.25, -0.2) is 18.4 Å². The quantitative estimate of drug-likeness (QED) is 0.634. The van der Waals surface area contributed by atoms with Gasteiger partial charge in [0.05, 0.1) is 19.7 Å². The first-order chi connectivity index (χ1) is 13.6. The van der Waals surface area contributed by atoms with Crippen LogP contribution in [0.2, 0.25) is 0 Å². The van der Waals surface area contributed by atoms with Crippen molar-refractivity contribution < 1.29 is 17.9 Å². The van der Waals surface area contributed by atoms with E-state index in [2.05, 4.69) is 19.6 Å². The van der Waals surface area contributed by atoms with E-state index in [1.165, 1.54) is 0 Å². The summed E-state index contributed by atoms with van der Waals surface area (Å²) in [6.07, 6.45) is 2.34. The molecule has 0 bridgehead atoms. The van der Waals surface area contributed by atoms with Crippen LogP contribution in [0.4, 0.5) is 11.5 Å². The molecule has 0 fully saturated rings. The van der Waals surface area contributed by atoms with Gasteiger partial charge < -0.3 is 14.4 Å². The molecule has 0 atom stereocenters. The van der Waals surface area contributed by atoms with E-state index in [-0.39, 0.29) is 0 Å². The number of ether oxygens (including phenoxy) is 2. The zero-order valence-corrected chi connectivity index (χ0v) is 16.4. The smallest absolute Gasteiger partial charge is 0.222 e. The highest BCUT2D eigenvalue weighted by Crippen LogP contribution is 2.36. The molecule has 0 saturated heterocycles. The van der Waals surface area contributed by atoms with Crippen molar-refractivity contribution in [2.24, 2.45) is 0 Å². The van der Waals surface area contributed by atoms with Gasteiger partial charge in [0.2, 0.25) is 10.9 Å². The number of thiol groups is 1. The van der Waals surface area contributed by atoms with Crippen LogP contribution in [0.1, 0.15) is 11.1 Å². The molecule has 0 unspecified atom stereocenters. The van der Waals surface area contributed by atoms with Gasteiger partial charge in [-0.3, -0.25) is 4.72 Å².